The van der Waals surface area contributed by atoms with E-state index in [0.29, 0.717) is 17.9 Å². The Labute approximate surface area is 168 Å². The van der Waals surface area contributed by atoms with Crippen molar-refractivity contribution in [3.8, 4) is 0 Å². The van der Waals surface area contributed by atoms with Crippen LogP contribution in [0.25, 0.3) is 0 Å². The van der Waals surface area contributed by atoms with Gasteiger partial charge in [0.2, 0.25) is 5.91 Å². The zero-order valence-electron chi connectivity index (χ0n) is 16.8. The van der Waals surface area contributed by atoms with Crippen LogP contribution in [-0.2, 0) is 4.79 Å². The van der Waals surface area contributed by atoms with Gasteiger partial charge in [0.25, 0.3) is 0 Å². The highest BCUT2D eigenvalue weighted by molar-refractivity contribution is 6.30. The normalized spacial score (nSPS) is 21.0. The first kappa shape index (κ1) is 21.5. The number of piperidine rings is 1. The van der Waals surface area contributed by atoms with E-state index in [1.807, 2.05) is 19.1 Å². The summed E-state index contributed by atoms with van der Waals surface area (Å²) in [6, 6.07) is 8.47. The molecule has 2 N–H and O–H groups in total. The van der Waals surface area contributed by atoms with Gasteiger partial charge in [0, 0.05) is 38.2 Å². The summed E-state index contributed by atoms with van der Waals surface area (Å²) >= 11 is 6.23. The third-order valence-corrected chi connectivity index (χ3v) is 5.18. The van der Waals surface area contributed by atoms with E-state index in [4.69, 9.17) is 11.6 Å². The van der Waals surface area contributed by atoms with E-state index < -0.39 is 0 Å². The van der Waals surface area contributed by atoms with Crippen LogP contribution in [0.1, 0.15) is 31.4 Å². The van der Waals surface area contributed by atoms with Crippen molar-refractivity contribution in [2.24, 2.45) is 10.9 Å². The predicted molar refractivity (Wildman–Crippen MR) is 112 cm³/mol. The summed E-state index contributed by atoms with van der Waals surface area (Å²) in [6.07, 6.45) is 2.32. The summed E-state index contributed by atoms with van der Waals surface area (Å²) < 4.78 is 0. The lowest BCUT2D eigenvalue weighted by Crippen LogP contribution is -2.45. The minimum absolute atomic E-state index is 0.0126. The van der Waals surface area contributed by atoms with Crippen molar-refractivity contribution in [2.75, 3.05) is 47.3 Å². The molecule has 2 rings (SSSR count). The van der Waals surface area contributed by atoms with Crippen molar-refractivity contribution in [3.05, 3.63) is 34.9 Å². The Hall–Kier alpha value is -1.79. The highest BCUT2D eigenvalue weighted by atomic mass is 35.5. The Morgan fingerprint density at radius 1 is 1.37 bits per heavy atom. The standard InChI is InChI=1S/C20H32ClN5O/c1-5-22-20(24-14-18(27)25(2)3)23-13-16-9-7-11-26(4)19(16)15-8-6-10-17(21)12-15/h6,8,10,12,16,19H,5,7,9,11,13-14H2,1-4H3,(H2,22,23,24). The first-order chi connectivity index (χ1) is 12.9. The van der Waals surface area contributed by atoms with Crippen LogP contribution in [0.5, 0.6) is 0 Å². The number of benzene rings is 1. The molecule has 0 spiro atoms. The molecule has 0 aliphatic carbocycles. The van der Waals surface area contributed by atoms with Gasteiger partial charge in [-0.3, -0.25) is 9.69 Å². The van der Waals surface area contributed by atoms with E-state index in [1.54, 1.807) is 19.0 Å². The number of guanidine groups is 1. The molecule has 27 heavy (non-hydrogen) atoms. The van der Waals surface area contributed by atoms with Crippen LogP contribution in [-0.4, -0.2) is 69.0 Å². The monoisotopic (exact) mass is 393 g/mol. The Kier molecular flexibility index (Phi) is 8.38. The summed E-state index contributed by atoms with van der Waals surface area (Å²) in [6.45, 7) is 4.80. The van der Waals surface area contributed by atoms with E-state index >= 15 is 0 Å². The van der Waals surface area contributed by atoms with E-state index in [1.165, 1.54) is 12.0 Å². The van der Waals surface area contributed by atoms with Crippen LogP contribution >= 0.6 is 11.6 Å². The highest BCUT2D eigenvalue weighted by Gasteiger charge is 2.30. The number of amides is 1. The molecule has 2 atom stereocenters. The Bertz CT molecular complexity index is 649. The molecule has 150 valence electrons. The molecule has 1 aliphatic rings. The van der Waals surface area contributed by atoms with Crippen molar-refractivity contribution in [1.82, 2.24) is 20.4 Å². The van der Waals surface area contributed by atoms with Crippen molar-refractivity contribution in [3.63, 3.8) is 0 Å². The third kappa shape index (κ3) is 6.40. The SMILES string of the molecule is CCNC(=NCC(=O)N(C)C)NCC1CCCN(C)C1c1cccc(Cl)c1. The van der Waals surface area contributed by atoms with Crippen LogP contribution in [0.15, 0.2) is 29.3 Å². The molecular formula is C20H32ClN5O. The van der Waals surface area contributed by atoms with Gasteiger partial charge in [0.1, 0.15) is 6.54 Å². The number of halogens is 1. The Morgan fingerprint density at radius 3 is 2.81 bits per heavy atom. The van der Waals surface area contributed by atoms with Gasteiger partial charge in [-0.15, -0.1) is 0 Å². The van der Waals surface area contributed by atoms with Gasteiger partial charge in [-0.1, -0.05) is 23.7 Å². The maximum atomic E-state index is 11.8. The van der Waals surface area contributed by atoms with Crippen LogP contribution < -0.4 is 10.6 Å². The quantitative estimate of drug-likeness (QED) is 0.575. The molecule has 1 aromatic carbocycles. The number of aliphatic imine (C=N–C) groups is 1. The Morgan fingerprint density at radius 2 is 2.15 bits per heavy atom. The molecule has 0 bridgehead atoms. The fourth-order valence-corrected chi connectivity index (χ4v) is 3.75. The second-order valence-corrected chi connectivity index (χ2v) is 7.68. The van der Waals surface area contributed by atoms with Gasteiger partial charge < -0.3 is 15.5 Å². The molecule has 0 radical (unpaired) electrons. The van der Waals surface area contributed by atoms with Crippen molar-refractivity contribution < 1.29 is 4.79 Å². The molecule has 2 unspecified atom stereocenters. The van der Waals surface area contributed by atoms with Crippen molar-refractivity contribution in [1.29, 1.82) is 0 Å². The summed E-state index contributed by atoms with van der Waals surface area (Å²) in [5.74, 6) is 1.11. The number of carbonyl (C=O) groups excluding carboxylic acids is 1. The number of likely N-dealkylation sites (N-methyl/N-ethyl adjacent to an activating group) is 1. The molecule has 0 saturated carbocycles. The summed E-state index contributed by atoms with van der Waals surface area (Å²) in [5.41, 5.74) is 1.25. The average molecular weight is 394 g/mol. The maximum Gasteiger partial charge on any atom is 0.243 e. The molecule has 7 heteroatoms. The number of nitrogens with zero attached hydrogens (tertiary/aromatic N) is 3. The molecule has 1 aliphatic heterocycles. The highest BCUT2D eigenvalue weighted by Crippen LogP contribution is 2.35. The first-order valence-corrected chi connectivity index (χ1v) is 9.98. The number of carbonyl (C=O) groups is 1. The molecule has 1 saturated heterocycles. The summed E-state index contributed by atoms with van der Waals surface area (Å²) in [4.78, 5) is 20.2. The van der Waals surface area contributed by atoms with Gasteiger partial charge in [-0.25, -0.2) is 4.99 Å². The van der Waals surface area contributed by atoms with E-state index in [2.05, 4.69) is 39.7 Å². The zero-order chi connectivity index (χ0) is 19.8. The van der Waals surface area contributed by atoms with Crippen LogP contribution in [0.4, 0.5) is 0 Å². The van der Waals surface area contributed by atoms with E-state index in [9.17, 15) is 4.79 Å². The zero-order valence-corrected chi connectivity index (χ0v) is 17.6. The van der Waals surface area contributed by atoms with E-state index in [0.717, 1.165) is 31.1 Å². The lowest BCUT2D eigenvalue weighted by molar-refractivity contribution is -0.127. The fourth-order valence-electron chi connectivity index (χ4n) is 3.55. The molecule has 6 nitrogen and oxygen atoms in total. The topological polar surface area (TPSA) is 60.0 Å². The number of likely N-dealkylation sites (tertiary alicyclic amines) is 1. The van der Waals surface area contributed by atoms with Gasteiger partial charge in [0.15, 0.2) is 5.96 Å². The number of hydrogen-bond acceptors (Lipinski definition) is 3. The smallest absolute Gasteiger partial charge is 0.243 e. The Balaban J connectivity index is 2.07. The lowest BCUT2D eigenvalue weighted by atomic mass is 9.85. The first-order valence-electron chi connectivity index (χ1n) is 9.60. The second-order valence-electron chi connectivity index (χ2n) is 7.25. The van der Waals surface area contributed by atoms with Gasteiger partial charge >= 0.3 is 0 Å². The molecule has 1 amide bonds. The molecule has 1 heterocycles. The van der Waals surface area contributed by atoms with Gasteiger partial charge in [-0.2, -0.15) is 0 Å². The predicted octanol–water partition coefficient (Wildman–Crippen LogP) is 2.37. The lowest BCUT2D eigenvalue weighted by Gasteiger charge is -2.40. The molecule has 0 aromatic heterocycles. The maximum absolute atomic E-state index is 11.8. The molecule has 1 fully saturated rings. The molecule has 1 aromatic rings. The van der Waals surface area contributed by atoms with Gasteiger partial charge in [0.05, 0.1) is 0 Å². The third-order valence-electron chi connectivity index (χ3n) is 4.94. The van der Waals surface area contributed by atoms with Crippen molar-refractivity contribution >= 4 is 23.5 Å². The second kappa shape index (κ2) is 10.5. The van der Waals surface area contributed by atoms with Crippen LogP contribution in [0, 0.1) is 5.92 Å². The minimum atomic E-state index is -0.0126. The number of nitrogens with one attached hydrogen (secondary N) is 2. The number of rotatable bonds is 6. The average Bonchev–Trinajstić information content (AvgIpc) is 2.63. The fraction of sp³-hybridized carbons (Fsp3) is 0.600. The largest absolute Gasteiger partial charge is 0.357 e. The van der Waals surface area contributed by atoms with Gasteiger partial charge in [-0.05, 0) is 57.0 Å². The number of hydrogen-bond donors (Lipinski definition) is 2. The minimum Gasteiger partial charge on any atom is -0.357 e. The summed E-state index contributed by atoms with van der Waals surface area (Å²) in [7, 11) is 5.66. The van der Waals surface area contributed by atoms with Crippen LogP contribution in [0.2, 0.25) is 5.02 Å². The summed E-state index contributed by atoms with van der Waals surface area (Å²) in [5, 5.41) is 7.43. The molecular weight excluding hydrogens is 362 g/mol. The van der Waals surface area contributed by atoms with E-state index in [-0.39, 0.29) is 12.5 Å². The van der Waals surface area contributed by atoms with Crippen molar-refractivity contribution in [2.45, 2.75) is 25.8 Å². The van der Waals surface area contributed by atoms with Crippen LogP contribution in [0.3, 0.4) is 0 Å².